The monoisotopic (exact) mass is 385 g/mol. The van der Waals surface area contributed by atoms with Gasteiger partial charge in [-0.3, -0.25) is 4.40 Å². The SMILES string of the molecule is Cc1ccc(-c2nnc3c4ccccc4c(-c4cccc5ccccc45)cn23)cc1. The summed E-state index contributed by atoms with van der Waals surface area (Å²) in [5, 5.41) is 13.9. The van der Waals surface area contributed by atoms with Gasteiger partial charge in [-0.15, -0.1) is 10.2 Å². The Morgan fingerprint density at radius 1 is 0.600 bits per heavy atom. The summed E-state index contributed by atoms with van der Waals surface area (Å²) < 4.78 is 2.13. The lowest BCUT2D eigenvalue weighted by Crippen LogP contribution is -1.94. The van der Waals surface area contributed by atoms with Crippen molar-refractivity contribution in [1.82, 2.24) is 14.6 Å². The van der Waals surface area contributed by atoms with Crippen molar-refractivity contribution in [3.05, 3.63) is 103 Å². The highest BCUT2D eigenvalue weighted by Crippen LogP contribution is 2.36. The van der Waals surface area contributed by atoms with Gasteiger partial charge in [-0.05, 0) is 28.6 Å². The summed E-state index contributed by atoms with van der Waals surface area (Å²) in [7, 11) is 0. The number of aryl methyl sites for hydroxylation is 1. The van der Waals surface area contributed by atoms with Gasteiger partial charge >= 0.3 is 0 Å². The zero-order valence-corrected chi connectivity index (χ0v) is 16.6. The lowest BCUT2D eigenvalue weighted by molar-refractivity contribution is 1.11. The lowest BCUT2D eigenvalue weighted by Gasteiger charge is -2.12. The summed E-state index contributed by atoms with van der Waals surface area (Å²) in [4.78, 5) is 0. The number of aromatic nitrogens is 3. The Balaban J connectivity index is 1.73. The van der Waals surface area contributed by atoms with Crippen LogP contribution in [0.15, 0.2) is 97.2 Å². The van der Waals surface area contributed by atoms with Gasteiger partial charge in [0.25, 0.3) is 0 Å². The van der Waals surface area contributed by atoms with Crippen LogP contribution in [0.5, 0.6) is 0 Å². The average Bonchev–Trinajstić information content (AvgIpc) is 3.23. The van der Waals surface area contributed by atoms with Crippen molar-refractivity contribution in [3.8, 4) is 22.5 Å². The Labute approximate surface area is 174 Å². The van der Waals surface area contributed by atoms with Crippen LogP contribution in [0.3, 0.4) is 0 Å². The van der Waals surface area contributed by atoms with Crippen LogP contribution in [0.4, 0.5) is 0 Å². The molecule has 0 aliphatic heterocycles. The first-order valence-corrected chi connectivity index (χ1v) is 10.1. The maximum absolute atomic E-state index is 4.56. The van der Waals surface area contributed by atoms with Crippen molar-refractivity contribution in [2.75, 3.05) is 0 Å². The van der Waals surface area contributed by atoms with Gasteiger partial charge < -0.3 is 0 Å². The van der Waals surface area contributed by atoms with Crippen molar-refractivity contribution >= 4 is 27.2 Å². The summed E-state index contributed by atoms with van der Waals surface area (Å²) >= 11 is 0. The van der Waals surface area contributed by atoms with Crippen molar-refractivity contribution in [1.29, 1.82) is 0 Å². The summed E-state index contributed by atoms with van der Waals surface area (Å²) in [6, 6.07) is 31.9. The molecule has 3 heteroatoms. The van der Waals surface area contributed by atoms with E-state index in [1.807, 2.05) is 0 Å². The molecule has 0 fully saturated rings. The standard InChI is InChI=1S/C27H19N3/c1-18-13-15-20(16-14-18)26-28-29-27-24-11-5-4-10-23(24)25(17-30(26)27)22-12-6-8-19-7-2-3-9-21(19)22/h2-17H,1H3. The predicted molar refractivity (Wildman–Crippen MR) is 124 cm³/mol. The van der Waals surface area contributed by atoms with Crippen molar-refractivity contribution < 1.29 is 0 Å². The lowest BCUT2D eigenvalue weighted by atomic mass is 9.95. The van der Waals surface area contributed by atoms with Crippen molar-refractivity contribution in [2.45, 2.75) is 6.92 Å². The number of pyridine rings is 1. The first-order chi connectivity index (χ1) is 14.8. The number of fused-ring (bicyclic) bond motifs is 4. The molecule has 0 N–H and O–H groups in total. The zero-order chi connectivity index (χ0) is 20.1. The van der Waals surface area contributed by atoms with E-state index in [-0.39, 0.29) is 0 Å². The van der Waals surface area contributed by atoms with Gasteiger partial charge in [0, 0.05) is 22.7 Å². The largest absolute Gasteiger partial charge is 0.281 e. The maximum Gasteiger partial charge on any atom is 0.169 e. The van der Waals surface area contributed by atoms with E-state index in [0.29, 0.717) is 0 Å². The van der Waals surface area contributed by atoms with E-state index in [0.717, 1.165) is 22.4 Å². The molecule has 6 aromatic rings. The quantitative estimate of drug-likeness (QED) is 0.333. The molecule has 0 aliphatic carbocycles. The van der Waals surface area contributed by atoms with Gasteiger partial charge in [-0.2, -0.15) is 0 Å². The van der Waals surface area contributed by atoms with Gasteiger partial charge in [0.1, 0.15) is 0 Å². The second-order valence-electron chi connectivity index (χ2n) is 7.70. The Morgan fingerprint density at radius 2 is 1.30 bits per heavy atom. The van der Waals surface area contributed by atoms with Gasteiger partial charge in [-0.25, -0.2) is 0 Å². The van der Waals surface area contributed by atoms with E-state index in [1.54, 1.807) is 0 Å². The molecule has 142 valence electrons. The van der Waals surface area contributed by atoms with E-state index in [4.69, 9.17) is 0 Å². The molecule has 30 heavy (non-hydrogen) atoms. The fourth-order valence-electron chi connectivity index (χ4n) is 4.28. The topological polar surface area (TPSA) is 30.2 Å². The van der Waals surface area contributed by atoms with Crippen LogP contribution in [-0.2, 0) is 0 Å². The van der Waals surface area contributed by atoms with E-state index in [9.17, 15) is 0 Å². The molecule has 0 aliphatic rings. The van der Waals surface area contributed by atoms with E-state index >= 15 is 0 Å². The predicted octanol–water partition coefficient (Wildman–Crippen LogP) is 6.68. The van der Waals surface area contributed by atoms with E-state index in [2.05, 4.69) is 119 Å². The smallest absolute Gasteiger partial charge is 0.169 e. The van der Waals surface area contributed by atoms with E-state index in [1.165, 1.54) is 32.8 Å². The molecule has 3 nitrogen and oxygen atoms in total. The van der Waals surface area contributed by atoms with Crippen LogP contribution in [0.2, 0.25) is 0 Å². The Hall–Kier alpha value is -3.98. The number of nitrogens with zero attached hydrogens (tertiary/aromatic N) is 3. The second kappa shape index (κ2) is 6.53. The Bertz CT molecular complexity index is 1540. The van der Waals surface area contributed by atoms with Crippen LogP contribution >= 0.6 is 0 Å². The number of benzene rings is 4. The summed E-state index contributed by atoms with van der Waals surface area (Å²) in [5.74, 6) is 0.859. The Kier molecular flexibility index (Phi) is 3.68. The fourth-order valence-corrected chi connectivity index (χ4v) is 4.28. The third kappa shape index (κ3) is 2.52. The number of hydrogen-bond donors (Lipinski definition) is 0. The third-order valence-electron chi connectivity index (χ3n) is 5.80. The molecule has 2 heterocycles. The fraction of sp³-hybridized carbons (Fsp3) is 0.0370. The highest BCUT2D eigenvalue weighted by molar-refractivity contribution is 6.08. The summed E-state index contributed by atoms with van der Waals surface area (Å²) in [6.07, 6.45) is 2.19. The molecule has 0 saturated carbocycles. The minimum Gasteiger partial charge on any atom is -0.281 e. The Morgan fingerprint density at radius 3 is 2.13 bits per heavy atom. The number of rotatable bonds is 2. The number of hydrogen-bond acceptors (Lipinski definition) is 2. The zero-order valence-electron chi connectivity index (χ0n) is 16.6. The molecule has 0 spiro atoms. The van der Waals surface area contributed by atoms with Gasteiger partial charge in [0.05, 0.1) is 0 Å². The molecular weight excluding hydrogens is 366 g/mol. The van der Waals surface area contributed by atoms with Gasteiger partial charge in [-0.1, -0.05) is 96.6 Å². The summed E-state index contributed by atoms with van der Waals surface area (Å²) in [6.45, 7) is 2.10. The molecule has 0 radical (unpaired) electrons. The van der Waals surface area contributed by atoms with Crippen LogP contribution in [0.1, 0.15) is 5.56 Å². The third-order valence-corrected chi connectivity index (χ3v) is 5.80. The molecule has 0 atom stereocenters. The van der Waals surface area contributed by atoms with Crippen LogP contribution in [0, 0.1) is 6.92 Å². The maximum atomic E-state index is 4.56. The molecule has 0 unspecified atom stereocenters. The second-order valence-corrected chi connectivity index (χ2v) is 7.70. The van der Waals surface area contributed by atoms with Crippen molar-refractivity contribution in [2.24, 2.45) is 0 Å². The van der Waals surface area contributed by atoms with Gasteiger partial charge in [0.15, 0.2) is 11.5 Å². The highest BCUT2D eigenvalue weighted by atomic mass is 15.2. The normalized spacial score (nSPS) is 11.5. The first-order valence-electron chi connectivity index (χ1n) is 10.1. The summed E-state index contributed by atoms with van der Waals surface area (Å²) in [5.41, 5.74) is 5.57. The minimum absolute atomic E-state index is 0.859. The molecule has 2 aromatic heterocycles. The van der Waals surface area contributed by atoms with Crippen LogP contribution < -0.4 is 0 Å². The first kappa shape index (κ1) is 16.9. The minimum atomic E-state index is 0.859. The molecule has 0 amide bonds. The van der Waals surface area contributed by atoms with Crippen LogP contribution in [0.25, 0.3) is 49.7 Å². The molecular formula is C27H19N3. The highest BCUT2D eigenvalue weighted by Gasteiger charge is 2.15. The molecule has 6 rings (SSSR count). The van der Waals surface area contributed by atoms with E-state index < -0.39 is 0 Å². The molecule has 0 saturated heterocycles. The van der Waals surface area contributed by atoms with Gasteiger partial charge in [0.2, 0.25) is 0 Å². The molecule has 4 aromatic carbocycles. The molecule has 0 bridgehead atoms. The average molecular weight is 385 g/mol. The van der Waals surface area contributed by atoms with Crippen LogP contribution in [-0.4, -0.2) is 14.6 Å². The van der Waals surface area contributed by atoms with Crippen molar-refractivity contribution in [3.63, 3.8) is 0 Å².